The number of esters is 1. The highest BCUT2D eigenvalue weighted by Crippen LogP contribution is 2.32. The van der Waals surface area contributed by atoms with Gasteiger partial charge in [-0.25, -0.2) is 13.2 Å². The SMILES string of the molecule is Cc1c(C(=O)OCC(=O)N(c2ccccc2)C2C=CS(=O)(=O)C2)oc2c1ccc1ccccc12. The lowest BCUT2D eigenvalue weighted by Gasteiger charge is -2.27. The van der Waals surface area contributed by atoms with E-state index in [1.54, 1.807) is 37.3 Å². The van der Waals surface area contributed by atoms with E-state index >= 15 is 0 Å². The molecule has 2 heterocycles. The number of anilines is 1. The highest BCUT2D eigenvalue weighted by Gasteiger charge is 2.32. The number of aryl methyl sites for hydroxylation is 1. The Balaban J connectivity index is 1.39. The van der Waals surface area contributed by atoms with Gasteiger partial charge >= 0.3 is 5.97 Å². The number of carbonyl (C=O) groups is 2. The number of ether oxygens (including phenoxy) is 1. The molecular weight excluding hydrogens is 454 g/mol. The Labute approximate surface area is 196 Å². The first kappa shape index (κ1) is 21.9. The van der Waals surface area contributed by atoms with Crippen LogP contribution in [0.3, 0.4) is 0 Å². The third kappa shape index (κ3) is 3.97. The van der Waals surface area contributed by atoms with Crippen molar-refractivity contribution in [2.45, 2.75) is 13.0 Å². The van der Waals surface area contributed by atoms with E-state index in [9.17, 15) is 18.0 Å². The van der Waals surface area contributed by atoms with Gasteiger partial charge in [0.25, 0.3) is 5.91 Å². The molecule has 0 fully saturated rings. The summed E-state index contributed by atoms with van der Waals surface area (Å²) in [6.45, 7) is 1.21. The van der Waals surface area contributed by atoms with E-state index in [2.05, 4.69) is 0 Å². The summed E-state index contributed by atoms with van der Waals surface area (Å²) in [6.07, 6.45) is 1.47. The van der Waals surface area contributed by atoms with Crippen molar-refractivity contribution in [1.82, 2.24) is 0 Å². The molecule has 0 radical (unpaired) electrons. The maximum atomic E-state index is 13.1. The second kappa shape index (κ2) is 8.46. The lowest BCUT2D eigenvalue weighted by atomic mass is 10.1. The van der Waals surface area contributed by atoms with Gasteiger partial charge in [-0.2, -0.15) is 0 Å². The van der Waals surface area contributed by atoms with Crippen molar-refractivity contribution in [3.05, 3.63) is 89.5 Å². The van der Waals surface area contributed by atoms with Gasteiger partial charge in [-0.3, -0.25) is 4.79 Å². The molecule has 0 saturated carbocycles. The first-order valence-electron chi connectivity index (χ1n) is 10.7. The molecule has 34 heavy (non-hydrogen) atoms. The lowest BCUT2D eigenvalue weighted by molar-refractivity contribution is -0.121. The van der Waals surface area contributed by atoms with Gasteiger partial charge < -0.3 is 14.1 Å². The Morgan fingerprint density at radius 2 is 1.74 bits per heavy atom. The molecule has 0 spiro atoms. The summed E-state index contributed by atoms with van der Waals surface area (Å²) in [6, 6.07) is 19.6. The molecule has 0 aliphatic carbocycles. The van der Waals surface area contributed by atoms with Gasteiger partial charge in [-0.15, -0.1) is 0 Å². The fourth-order valence-corrected chi connectivity index (χ4v) is 5.50. The third-order valence-electron chi connectivity index (χ3n) is 5.89. The normalized spacial score (nSPS) is 16.7. The van der Waals surface area contributed by atoms with Crippen LogP contribution >= 0.6 is 0 Å². The average molecular weight is 476 g/mol. The molecule has 8 heteroatoms. The van der Waals surface area contributed by atoms with E-state index in [-0.39, 0.29) is 11.5 Å². The maximum absolute atomic E-state index is 13.1. The minimum absolute atomic E-state index is 0.0359. The summed E-state index contributed by atoms with van der Waals surface area (Å²) >= 11 is 0. The van der Waals surface area contributed by atoms with E-state index < -0.39 is 34.4 Å². The van der Waals surface area contributed by atoms with E-state index in [1.807, 2.05) is 36.4 Å². The molecule has 0 N–H and O–H groups in total. The van der Waals surface area contributed by atoms with Crippen LogP contribution in [0.4, 0.5) is 5.69 Å². The largest absolute Gasteiger partial charge is 0.450 e. The average Bonchev–Trinajstić information content (AvgIpc) is 3.37. The summed E-state index contributed by atoms with van der Waals surface area (Å²) < 4.78 is 35.1. The summed E-state index contributed by atoms with van der Waals surface area (Å²) in [7, 11) is -3.39. The number of benzene rings is 3. The topological polar surface area (TPSA) is 93.9 Å². The fraction of sp³-hybridized carbons (Fsp3) is 0.154. The molecule has 1 atom stereocenters. The number of amides is 1. The van der Waals surface area contributed by atoms with Gasteiger partial charge in [-0.05, 0) is 30.5 Å². The van der Waals surface area contributed by atoms with Gasteiger partial charge in [0, 0.05) is 27.4 Å². The minimum Gasteiger partial charge on any atom is -0.450 e. The Hall–Kier alpha value is -3.91. The molecule has 172 valence electrons. The predicted octanol–water partition coefficient (Wildman–Crippen LogP) is 4.40. The summed E-state index contributed by atoms with van der Waals surface area (Å²) in [5.41, 5.74) is 1.73. The molecule has 1 aliphatic rings. The highest BCUT2D eigenvalue weighted by atomic mass is 32.2. The van der Waals surface area contributed by atoms with Crippen LogP contribution in [0.15, 0.2) is 82.6 Å². The zero-order valence-corrected chi connectivity index (χ0v) is 19.1. The van der Waals surface area contributed by atoms with Crippen LogP contribution in [0.1, 0.15) is 16.1 Å². The minimum atomic E-state index is -3.39. The van der Waals surface area contributed by atoms with Crippen LogP contribution in [0.5, 0.6) is 0 Å². The molecule has 0 saturated heterocycles. The van der Waals surface area contributed by atoms with Gasteiger partial charge in [0.15, 0.2) is 16.4 Å². The van der Waals surface area contributed by atoms with Crippen LogP contribution in [0.25, 0.3) is 21.7 Å². The Bertz CT molecular complexity index is 1550. The van der Waals surface area contributed by atoms with Crippen LogP contribution < -0.4 is 4.90 Å². The van der Waals surface area contributed by atoms with E-state index in [1.165, 1.54) is 11.0 Å². The number of fused-ring (bicyclic) bond motifs is 3. The van der Waals surface area contributed by atoms with Crippen molar-refractivity contribution in [1.29, 1.82) is 0 Å². The molecular formula is C26H21NO6S. The fourth-order valence-electron chi connectivity index (χ4n) is 4.24. The number of rotatable bonds is 5. The van der Waals surface area contributed by atoms with Gasteiger partial charge in [0.2, 0.25) is 5.76 Å². The van der Waals surface area contributed by atoms with Crippen molar-refractivity contribution >= 4 is 49.1 Å². The molecule has 1 aliphatic heterocycles. The summed E-state index contributed by atoms with van der Waals surface area (Å²) in [5.74, 6) is -1.48. The molecule has 1 unspecified atom stereocenters. The van der Waals surface area contributed by atoms with Gasteiger partial charge in [0.1, 0.15) is 5.58 Å². The van der Waals surface area contributed by atoms with Crippen LogP contribution in [0.2, 0.25) is 0 Å². The van der Waals surface area contributed by atoms with Crippen molar-refractivity contribution in [2.75, 3.05) is 17.3 Å². The zero-order chi connectivity index (χ0) is 23.9. The van der Waals surface area contributed by atoms with E-state index in [0.717, 1.165) is 21.6 Å². The Morgan fingerprint density at radius 3 is 2.47 bits per heavy atom. The number of sulfone groups is 1. The molecule has 1 aromatic heterocycles. The Morgan fingerprint density at radius 1 is 1.00 bits per heavy atom. The lowest BCUT2D eigenvalue weighted by Crippen LogP contribution is -2.43. The number of furan rings is 1. The summed E-state index contributed by atoms with van der Waals surface area (Å²) in [4.78, 5) is 27.3. The van der Waals surface area contributed by atoms with Crippen molar-refractivity contribution in [2.24, 2.45) is 0 Å². The standard InChI is InChI=1S/C26H21NO6S/c1-17-21-12-11-18-7-5-6-10-22(18)25(21)33-24(17)26(29)32-15-23(28)27(19-8-3-2-4-9-19)20-13-14-34(30,31)16-20/h2-14,20H,15-16H2,1H3. The maximum Gasteiger partial charge on any atom is 0.375 e. The molecule has 4 aromatic rings. The first-order valence-corrected chi connectivity index (χ1v) is 12.4. The number of nitrogens with zero attached hydrogens (tertiary/aromatic N) is 1. The number of hydrogen-bond acceptors (Lipinski definition) is 6. The first-order chi connectivity index (χ1) is 16.3. The quantitative estimate of drug-likeness (QED) is 0.397. The van der Waals surface area contributed by atoms with Gasteiger partial charge in [0.05, 0.1) is 11.8 Å². The molecule has 1 amide bonds. The molecule has 5 rings (SSSR count). The number of hydrogen-bond donors (Lipinski definition) is 0. The smallest absolute Gasteiger partial charge is 0.375 e. The van der Waals surface area contributed by atoms with Crippen molar-refractivity contribution in [3.8, 4) is 0 Å². The number of carbonyl (C=O) groups excluding carboxylic acids is 2. The van der Waals surface area contributed by atoms with Crippen LogP contribution in [-0.4, -0.2) is 38.7 Å². The Kier molecular flexibility index (Phi) is 5.45. The second-order valence-corrected chi connectivity index (χ2v) is 10.1. The molecule has 0 bridgehead atoms. The number of para-hydroxylation sites is 1. The van der Waals surface area contributed by atoms with Crippen molar-refractivity contribution in [3.63, 3.8) is 0 Å². The van der Waals surface area contributed by atoms with Crippen molar-refractivity contribution < 1.29 is 27.2 Å². The second-order valence-electron chi connectivity index (χ2n) is 8.12. The van der Waals surface area contributed by atoms with Crippen LogP contribution in [0, 0.1) is 6.92 Å². The summed E-state index contributed by atoms with van der Waals surface area (Å²) in [5, 5.41) is 3.76. The van der Waals surface area contributed by atoms with E-state index in [0.29, 0.717) is 16.8 Å². The third-order valence-corrected chi connectivity index (χ3v) is 7.26. The van der Waals surface area contributed by atoms with E-state index in [4.69, 9.17) is 9.15 Å². The predicted molar refractivity (Wildman–Crippen MR) is 129 cm³/mol. The molecule has 3 aromatic carbocycles. The van der Waals surface area contributed by atoms with Gasteiger partial charge in [-0.1, -0.05) is 54.6 Å². The highest BCUT2D eigenvalue weighted by molar-refractivity contribution is 7.94. The van der Waals surface area contributed by atoms with Crippen LogP contribution in [-0.2, 0) is 19.4 Å². The monoisotopic (exact) mass is 475 g/mol. The molecule has 7 nitrogen and oxygen atoms in total. The zero-order valence-electron chi connectivity index (χ0n) is 18.3.